The maximum absolute atomic E-state index is 5.95. The van der Waals surface area contributed by atoms with Gasteiger partial charge in [-0.3, -0.25) is 0 Å². The first-order chi connectivity index (χ1) is 9.10. The van der Waals surface area contributed by atoms with Crippen LogP contribution < -0.4 is 10.1 Å². The van der Waals surface area contributed by atoms with E-state index < -0.39 is 0 Å². The lowest BCUT2D eigenvalue weighted by Crippen LogP contribution is -2.06. The second kappa shape index (κ2) is 6.17. The van der Waals surface area contributed by atoms with Crippen molar-refractivity contribution in [2.24, 2.45) is 0 Å². The monoisotopic (exact) mass is 276 g/mol. The standard InChI is InChI=1S/C15H20N2OS/c1-10-5-13(7-16-4)6-11(2)15(10)18-9-14-8-17-12(3)19-14/h5-6,8,16H,7,9H2,1-4H3. The van der Waals surface area contributed by atoms with Crippen LogP contribution >= 0.6 is 11.3 Å². The van der Waals surface area contributed by atoms with Gasteiger partial charge in [-0.15, -0.1) is 11.3 Å². The van der Waals surface area contributed by atoms with E-state index >= 15 is 0 Å². The van der Waals surface area contributed by atoms with Gasteiger partial charge in [-0.05, 0) is 44.5 Å². The van der Waals surface area contributed by atoms with Gasteiger partial charge < -0.3 is 10.1 Å². The van der Waals surface area contributed by atoms with Crippen LogP contribution in [0.2, 0.25) is 0 Å². The van der Waals surface area contributed by atoms with Gasteiger partial charge in [0, 0.05) is 12.7 Å². The van der Waals surface area contributed by atoms with E-state index in [0.29, 0.717) is 6.61 Å². The molecule has 0 saturated heterocycles. The van der Waals surface area contributed by atoms with Gasteiger partial charge in [-0.1, -0.05) is 12.1 Å². The van der Waals surface area contributed by atoms with Crippen LogP contribution in [0, 0.1) is 20.8 Å². The van der Waals surface area contributed by atoms with Crippen LogP contribution in [0.4, 0.5) is 0 Å². The Morgan fingerprint density at radius 1 is 1.21 bits per heavy atom. The quantitative estimate of drug-likeness (QED) is 0.909. The minimum Gasteiger partial charge on any atom is -0.487 e. The van der Waals surface area contributed by atoms with Crippen molar-refractivity contribution in [3.05, 3.63) is 44.9 Å². The number of ether oxygens (including phenoxy) is 1. The molecule has 0 aliphatic rings. The molecule has 0 aliphatic carbocycles. The second-order valence-electron chi connectivity index (χ2n) is 4.72. The average molecular weight is 276 g/mol. The third kappa shape index (κ3) is 3.55. The van der Waals surface area contributed by atoms with E-state index in [9.17, 15) is 0 Å². The van der Waals surface area contributed by atoms with Gasteiger partial charge in [0.25, 0.3) is 0 Å². The Morgan fingerprint density at radius 2 is 1.89 bits per heavy atom. The van der Waals surface area contributed by atoms with Gasteiger partial charge in [-0.2, -0.15) is 0 Å². The fraction of sp³-hybridized carbons (Fsp3) is 0.400. The predicted octanol–water partition coefficient (Wildman–Crippen LogP) is 3.37. The van der Waals surface area contributed by atoms with Crippen molar-refractivity contribution in [3.8, 4) is 5.75 Å². The second-order valence-corrected chi connectivity index (χ2v) is 6.04. The maximum atomic E-state index is 5.95. The summed E-state index contributed by atoms with van der Waals surface area (Å²) in [6.07, 6.45) is 1.89. The first-order valence-electron chi connectivity index (χ1n) is 6.39. The molecule has 1 heterocycles. The smallest absolute Gasteiger partial charge is 0.125 e. The van der Waals surface area contributed by atoms with Crippen molar-refractivity contribution in [3.63, 3.8) is 0 Å². The van der Waals surface area contributed by atoms with E-state index in [1.807, 2.05) is 20.2 Å². The fourth-order valence-corrected chi connectivity index (χ4v) is 2.90. The van der Waals surface area contributed by atoms with Crippen LogP contribution in [0.3, 0.4) is 0 Å². The molecule has 2 aromatic rings. The van der Waals surface area contributed by atoms with Gasteiger partial charge in [0.2, 0.25) is 0 Å². The Labute approximate surface area is 118 Å². The highest BCUT2D eigenvalue weighted by atomic mass is 32.1. The normalized spacial score (nSPS) is 10.7. The summed E-state index contributed by atoms with van der Waals surface area (Å²) in [4.78, 5) is 5.41. The Balaban J connectivity index is 2.11. The van der Waals surface area contributed by atoms with Crippen molar-refractivity contribution >= 4 is 11.3 Å². The minimum atomic E-state index is 0.596. The van der Waals surface area contributed by atoms with Gasteiger partial charge in [0.15, 0.2) is 0 Å². The van der Waals surface area contributed by atoms with E-state index in [2.05, 4.69) is 36.3 Å². The molecule has 2 rings (SSSR count). The van der Waals surface area contributed by atoms with Crippen molar-refractivity contribution < 1.29 is 4.74 Å². The zero-order chi connectivity index (χ0) is 13.8. The number of thiazole rings is 1. The lowest BCUT2D eigenvalue weighted by molar-refractivity contribution is 0.305. The summed E-state index contributed by atoms with van der Waals surface area (Å²) in [7, 11) is 1.96. The number of rotatable bonds is 5. The van der Waals surface area contributed by atoms with Crippen LogP contribution in [0.5, 0.6) is 5.75 Å². The van der Waals surface area contributed by atoms with Crippen molar-refractivity contribution in [2.45, 2.75) is 33.9 Å². The molecule has 0 aliphatic heterocycles. The molecule has 19 heavy (non-hydrogen) atoms. The molecule has 0 fully saturated rings. The van der Waals surface area contributed by atoms with Crippen molar-refractivity contribution in [1.29, 1.82) is 0 Å². The first-order valence-corrected chi connectivity index (χ1v) is 7.20. The summed E-state index contributed by atoms with van der Waals surface area (Å²) >= 11 is 1.68. The Kier molecular flexibility index (Phi) is 4.56. The summed E-state index contributed by atoms with van der Waals surface area (Å²) in [5.41, 5.74) is 3.66. The summed E-state index contributed by atoms with van der Waals surface area (Å²) in [5.74, 6) is 0.992. The average Bonchev–Trinajstić information content (AvgIpc) is 2.74. The zero-order valence-electron chi connectivity index (χ0n) is 11.9. The molecule has 0 atom stereocenters. The number of hydrogen-bond donors (Lipinski definition) is 1. The Hall–Kier alpha value is -1.39. The Morgan fingerprint density at radius 3 is 2.42 bits per heavy atom. The molecule has 0 spiro atoms. The van der Waals surface area contributed by atoms with Crippen LogP contribution in [-0.2, 0) is 13.2 Å². The number of aryl methyl sites for hydroxylation is 3. The molecule has 1 N–H and O–H groups in total. The van der Waals surface area contributed by atoms with Crippen LogP contribution in [0.1, 0.15) is 26.6 Å². The van der Waals surface area contributed by atoms with Gasteiger partial charge in [0.1, 0.15) is 12.4 Å². The number of aromatic nitrogens is 1. The van der Waals surface area contributed by atoms with Crippen LogP contribution in [0.25, 0.3) is 0 Å². The molecule has 0 bridgehead atoms. The van der Waals surface area contributed by atoms with Crippen LogP contribution in [-0.4, -0.2) is 12.0 Å². The third-order valence-corrected chi connectivity index (χ3v) is 3.82. The van der Waals surface area contributed by atoms with Crippen LogP contribution in [0.15, 0.2) is 18.3 Å². The molecule has 3 nitrogen and oxygen atoms in total. The minimum absolute atomic E-state index is 0.596. The number of hydrogen-bond acceptors (Lipinski definition) is 4. The molecule has 0 unspecified atom stereocenters. The van der Waals surface area contributed by atoms with Gasteiger partial charge in [-0.25, -0.2) is 4.98 Å². The topological polar surface area (TPSA) is 34.1 Å². The molecule has 0 saturated carbocycles. The maximum Gasteiger partial charge on any atom is 0.125 e. The van der Waals surface area contributed by atoms with E-state index in [4.69, 9.17) is 4.74 Å². The molecule has 0 amide bonds. The highest BCUT2D eigenvalue weighted by Gasteiger charge is 2.07. The number of nitrogens with one attached hydrogen (secondary N) is 1. The molecule has 0 radical (unpaired) electrons. The highest BCUT2D eigenvalue weighted by Crippen LogP contribution is 2.26. The zero-order valence-corrected chi connectivity index (χ0v) is 12.7. The van der Waals surface area contributed by atoms with E-state index in [1.54, 1.807) is 11.3 Å². The van der Waals surface area contributed by atoms with E-state index in [-0.39, 0.29) is 0 Å². The summed E-state index contributed by atoms with van der Waals surface area (Å²) in [5, 5.41) is 4.25. The van der Waals surface area contributed by atoms with Crippen molar-refractivity contribution in [1.82, 2.24) is 10.3 Å². The van der Waals surface area contributed by atoms with Gasteiger partial charge >= 0.3 is 0 Å². The fourth-order valence-electron chi connectivity index (χ4n) is 2.19. The third-order valence-electron chi connectivity index (χ3n) is 2.93. The summed E-state index contributed by atoms with van der Waals surface area (Å²) in [6, 6.07) is 4.35. The molecular formula is C15H20N2OS. The van der Waals surface area contributed by atoms with Gasteiger partial charge in [0.05, 0.1) is 9.88 Å². The largest absolute Gasteiger partial charge is 0.487 e. The highest BCUT2D eigenvalue weighted by molar-refractivity contribution is 7.11. The lowest BCUT2D eigenvalue weighted by Gasteiger charge is -2.13. The van der Waals surface area contributed by atoms with E-state index in [0.717, 1.165) is 22.2 Å². The molecular weight excluding hydrogens is 256 g/mol. The van der Waals surface area contributed by atoms with Crippen molar-refractivity contribution in [2.75, 3.05) is 7.05 Å². The molecule has 102 valence electrons. The Bertz CT molecular complexity index is 540. The molecule has 4 heteroatoms. The molecule has 1 aromatic carbocycles. The molecule has 1 aromatic heterocycles. The SMILES string of the molecule is CNCc1cc(C)c(OCc2cnc(C)s2)c(C)c1. The summed E-state index contributed by atoms with van der Waals surface area (Å²) < 4.78 is 5.95. The predicted molar refractivity (Wildman–Crippen MR) is 79.9 cm³/mol. The number of benzene rings is 1. The first kappa shape index (κ1) is 14.0. The van der Waals surface area contributed by atoms with E-state index in [1.165, 1.54) is 16.7 Å². The lowest BCUT2D eigenvalue weighted by atomic mass is 10.1. The summed E-state index contributed by atoms with van der Waals surface area (Å²) in [6.45, 7) is 7.69. The number of nitrogens with zero attached hydrogens (tertiary/aromatic N) is 1.